The van der Waals surface area contributed by atoms with Crippen molar-refractivity contribution in [3.8, 4) is 6.07 Å². The number of aromatic nitrogens is 3. The van der Waals surface area contributed by atoms with E-state index in [1.807, 2.05) is 25.1 Å². The van der Waals surface area contributed by atoms with Crippen molar-refractivity contribution in [2.24, 2.45) is 0 Å². The number of rotatable bonds is 7. The fourth-order valence-electron chi connectivity index (χ4n) is 4.04. The van der Waals surface area contributed by atoms with Crippen LogP contribution in [-0.2, 0) is 13.0 Å². The van der Waals surface area contributed by atoms with Crippen LogP contribution < -0.4 is 5.32 Å². The van der Waals surface area contributed by atoms with E-state index in [9.17, 15) is 0 Å². The number of hydrogen-bond acceptors (Lipinski definition) is 7. The molecule has 0 aromatic carbocycles. The molecule has 0 radical (unpaired) electrons. The molecule has 4 rings (SSSR count). The highest BCUT2D eigenvalue weighted by molar-refractivity contribution is 5.55. The molecule has 0 unspecified atom stereocenters. The number of aryl methyl sites for hydroxylation is 2. The molecule has 3 aromatic heterocycles. The van der Waals surface area contributed by atoms with Crippen molar-refractivity contribution < 1.29 is 4.42 Å². The third-order valence-electron chi connectivity index (χ3n) is 5.61. The Bertz CT molecular complexity index is 1040. The van der Waals surface area contributed by atoms with Crippen LogP contribution in [0.15, 0.2) is 40.9 Å². The third-order valence-corrected chi connectivity index (χ3v) is 5.61. The molecule has 0 amide bonds. The third kappa shape index (κ3) is 5.47. The molecular formula is C24H28N6O. The minimum absolute atomic E-state index is 0.396. The minimum atomic E-state index is 0.396. The van der Waals surface area contributed by atoms with E-state index in [1.165, 1.54) is 0 Å². The van der Waals surface area contributed by atoms with Gasteiger partial charge in [-0.1, -0.05) is 6.92 Å². The highest BCUT2D eigenvalue weighted by Crippen LogP contribution is 2.29. The zero-order chi connectivity index (χ0) is 21.6. The number of nitrogens with one attached hydrogen (secondary N) is 1. The van der Waals surface area contributed by atoms with Crippen LogP contribution in [-0.4, -0.2) is 32.9 Å². The predicted octanol–water partition coefficient (Wildman–Crippen LogP) is 4.72. The van der Waals surface area contributed by atoms with Crippen LogP contribution in [0.5, 0.6) is 0 Å². The molecule has 0 atom stereocenters. The highest BCUT2D eigenvalue weighted by Gasteiger charge is 2.23. The lowest BCUT2D eigenvalue weighted by Gasteiger charge is -2.31. The van der Waals surface area contributed by atoms with Crippen LogP contribution in [0.3, 0.4) is 0 Å². The van der Waals surface area contributed by atoms with Gasteiger partial charge in [0.2, 0.25) is 0 Å². The normalized spacial score (nSPS) is 15.0. The number of nitriles is 1. The van der Waals surface area contributed by atoms with Crippen molar-refractivity contribution in [1.29, 1.82) is 5.26 Å². The predicted molar refractivity (Wildman–Crippen MR) is 119 cm³/mol. The molecule has 3 aromatic rings. The van der Waals surface area contributed by atoms with E-state index in [0.717, 1.165) is 79.9 Å². The SMILES string of the molecule is CCCc1ccc(CN2CCC(c3cc(Nc4ccc(C#N)nc4)nc(C)n3)CC2)o1. The fourth-order valence-corrected chi connectivity index (χ4v) is 4.04. The number of nitrogens with zero attached hydrogens (tertiary/aromatic N) is 5. The summed E-state index contributed by atoms with van der Waals surface area (Å²) >= 11 is 0. The molecule has 1 saturated heterocycles. The molecule has 1 aliphatic rings. The second-order valence-corrected chi connectivity index (χ2v) is 8.06. The van der Waals surface area contributed by atoms with Crippen LogP contribution >= 0.6 is 0 Å². The monoisotopic (exact) mass is 416 g/mol. The Labute approximate surface area is 183 Å². The Balaban J connectivity index is 1.37. The lowest BCUT2D eigenvalue weighted by Crippen LogP contribution is -2.32. The second kappa shape index (κ2) is 9.71. The van der Waals surface area contributed by atoms with Crippen molar-refractivity contribution >= 4 is 11.5 Å². The highest BCUT2D eigenvalue weighted by atomic mass is 16.3. The Morgan fingerprint density at radius 3 is 2.68 bits per heavy atom. The van der Waals surface area contributed by atoms with Gasteiger partial charge in [-0.3, -0.25) is 4.90 Å². The van der Waals surface area contributed by atoms with E-state index in [4.69, 9.17) is 14.7 Å². The second-order valence-electron chi connectivity index (χ2n) is 8.06. The maximum Gasteiger partial charge on any atom is 0.140 e. The van der Waals surface area contributed by atoms with Gasteiger partial charge in [-0.25, -0.2) is 15.0 Å². The molecule has 1 aliphatic heterocycles. The summed E-state index contributed by atoms with van der Waals surface area (Å²) in [5.41, 5.74) is 2.28. The topological polar surface area (TPSA) is 90.9 Å². The van der Waals surface area contributed by atoms with Crippen molar-refractivity contribution in [3.05, 3.63) is 65.3 Å². The standard InChI is InChI=1S/C24H28N6O/c1-3-4-21-7-8-22(31-21)16-30-11-9-18(10-12-30)23-13-24(28-17(2)27-23)29-20-6-5-19(14-25)26-15-20/h5-8,13,15,18H,3-4,9-12,16H2,1-2H3,(H,27,28,29). The Morgan fingerprint density at radius 1 is 1.16 bits per heavy atom. The van der Waals surface area contributed by atoms with E-state index < -0.39 is 0 Å². The summed E-state index contributed by atoms with van der Waals surface area (Å²) in [6, 6.07) is 11.8. The number of pyridine rings is 1. The maximum atomic E-state index is 8.90. The van der Waals surface area contributed by atoms with Crippen LogP contribution in [0.25, 0.3) is 0 Å². The summed E-state index contributed by atoms with van der Waals surface area (Å²) in [4.78, 5) is 15.8. The molecule has 7 heteroatoms. The van der Waals surface area contributed by atoms with Gasteiger partial charge >= 0.3 is 0 Å². The summed E-state index contributed by atoms with van der Waals surface area (Å²) in [7, 11) is 0. The van der Waals surface area contributed by atoms with Crippen molar-refractivity contribution in [2.45, 2.75) is 52.0 Å². The smallest absolute Gasteiger partial charge is 0.140 e. The van der Waals surface area contributed by atoms with E-state index >= 15 is 0 Å². The largest absolute Gasteiger partial charge is 0.465 e. The Hall–Kier alpha value is -3.24. The van der Waals surface area contributed by atoms with Crippen LogP contribution in [0.2, 0.25) is 0 Å². The van der Waals surface area contributed by atoms with Crippen molar-refractivity contribution in [1.82, 2.24) is 19.9 Å². The summed E-state index contributed by atoms with van der Waals surface area (Å²) in [5, 5.41) is 12.2. The van der Waals surface area contributed by atoms with E-state index in [-0.39, 0.29) is 0 Å². The zero-order valence-electron chi connectivity index (χ0n) is 18.1. The minimum Gasteiger partial charge on any atom is -0.465 e. The number of likely N-dealkylation sites (tertiary alicyclic amines) is 1. The molecule has 0 bridgehead atoms. The molecule has 1 N–H and O–H groups in total. The lowest BCUT2D eigenvalue weighted by molar-refractivity contribution is 0.188. The van der Waals surface area contributed by atoms with Crippen LogP contribution in [0.1, 0.15) is 60.8 Å². The molecule has 31 heavy (non-hydrogen) atoms. The van der Waals surface area contributed by atoms with Gasteiger partial charge < -0.3 is 9.73 Å². The average Bonchev–Trinajstić information content (AvgIpc) is 3.21. The summed E-state index contributed by atoms with van der Waals surface area (Å²) in [6.45, 7) is 7.02. The molecule has 160 valence electrons. The first-order chi connectivity index (χ1) is 15.1. The van der Waals surface area contributed by atoms with Gasteiger partial charge in [0.05, 0.1) is 18.4 Å². The van der Waals surface area contributed by atoms with Crippen molar-refractivity contribution in [2.75, 3.05) is 18.4 Å². The van der Waals surface area contributed by atoms with Gasteiger partial charge in [0.15, 0.2) is 0 Å². The number of piperidine rings is 1. The molecule has 0 spiro atoms. The van der Waals surface area contributed by atoms with Gasteiger partial charge in [0.1, 0.15) is 34.9 Å². The fraction of sp³-hybridized carbons (Fsp3) is 0.417. The van der Waals surface area contributed by atoms with E-state index in [0.29, 0.717) is 11.6 Å². The van der Waals surface area contributed by atoms with Gasteiger partial charge in [0, 0.05) is 24.1 Å². The first-order valence-corrected chi connectivity index (χ1v) is 10.9. The molecule has 0 saturated carbocycles. The van der Waals surface area contributed by atoms with Gasteiger partial charge in [-0.05, 0) is 63.5 Å². The molecule has 4 heterocycles. The quantitative estimate of drug-likeness (QED) is 0.596. The van der Waals surface area contributed by atoms with E-state index in [1.54, 1.807) is 12.3 Å². The van der Waals surface area contributed by atoms with Crippen LogP contribution in [0.4, 0.5) is 11.5 Å². The van der Waals surface area contributed by atoms with Gasteiger partial charge in [0.25, 0.3) is 0 Å². The molecule has 0 aliphatic carbocycles. The first kappa shape index (κ1) is 21.0. The molecule has 7 nitrogen and oxygen atoms in total. The zero-order valence-corrected chi connectivity index (χ0v) is 18.1. The molecule has 1 fully saturated rings. The van der Waals surface area contributed by atoms with Gasteiger partial charge in [-0.15, -0.1) is 0 Å². The number of furan rings is 1. The Morgan fingerprint density at radius 2 is 1.97 bits per heavy atom. The number of anilines is 2. The average molecular weight is 417 g/mol. The first-order valence-electron chi connectivity index (χ1n) is 10.9. The maximum absolute atomic E-state index is 8.90. The summed E-state index contributed by atoms with van der Waals surface area (Å²) in [5.74, 6) is 4.08. The van der Waals surface area contributed by atoms with E-state index in [2.05, 4.69) is 39.2 Å². The lowest BCUT2D eigenvalue weighted by atomic mass is 9.93. The number of hydrogen-bond donors (Lipinski definition) is 1. The summed E-state index contributed by atoms with van der Waals surface area (Å²) in [6.07, 6.45) is 5.89. The van der Waals surface area contributed by atoms with Gasteiger partial charge in [-0.2, -0.15) is 5.26 Å². The molecular weight excluding hydrogens is 388 g/mol. The summed E-state index contributed by atoms with van der Waals surface area (Å²) < 4.78 is 5.95. The Kier molecular flexibility index (Phi) is 6.58. The van der Waals surface area contributed by atoms with Crippen molar-refractivity contribution in [3.63, 3.8) is 0 Å². The van der Waals surface area contributed by atoms with Crippen LogP contribution in [0, 0.1) is 18.3 Å².